The van der Waals surface area contributed by atoms with Crippen molar-refractivity contribution in [3.05, 3.63) is 72.2 Å². The number of amides is 2. The summed E-state index contributed by atoms with van der Waals surface area (Å²) in [5.74, 6) is -0.740. The summed E-state index contributed by atoms with van der Waals surface area (Å²) in [4.78, 5) is 30.3. The average Bonchev–Trinajstić information content (AvgIpc) is 3.29. The zero-order valence-electron chi connectivity index (χ0n) is 17.6. The quantitative estimate of drug-likeness (QED) is 0.454. The molecule has 8 heteroatoms. The zero-order chi connectivity index (χ0) is 22.5. The van der Waals surface area contributed by atoms with Crippen molar-refractivity contribution in [2.45, 2.75) is 24.9 Å². The predicted octanol–water partition coefficient (Wildman–Crippen LogP) is 1.98. The molecule has 166 valence electrons. The lowest BCUT2D eigenvalue weighted by atomic mass is 10.0. The minimum atomic E-state index is -0.835. The lowest BCUT2D eigenvalue weighted by molar-refractivity contribution is -0.127. The molecule has 1 fully saturated rings. The van der Waals surface area contributed by atoms with E-state index < -0.39 is 12.1 Å². The molecule has 2 heterocycles. The average molecular weight is 436 g/mol. The Balaban J connectivity index is 1.50. The maximum Gasteiger partial charge on any atom is 0.247 e. The molecule has 0 bridgehead atoms. The molecule has 1 aromatic heterocycles. The van der Waals surface area contributed by atoms with E-state index in [-0.39, 0.29) is 30.0 Å². The SMILES string of the molecule is NC[C@@H]1CN[C@@H](C(=O)N[C@H](Cc2ccc(F)cc2)C(=O)Nc2cnc3ccccc3c2)C1. The fraction of sp³-hybridized carbons (Fsp3) is 0.292. The van der Waals surface area contributed by atoms with Crippen molar-refractivity contribution >= 4 is 28.4 Å². The predicted molar refractivity (Wildman–Crippen MR) is 121 cm³/mol. The third-order valence-corrected chi connectivity index (χ3v) is 5.72. The van der Waals surface area contributed by atoms with Crippen LogP contribution in [0.2, 0.25) is 0 Å². The molecule has 1 saturated heterocycles. The van der Waals surface area contributed by atoms with Crippen LogP contribution in [-0.2, 0) is 16.0 Å². The van der Waals surface area contributed by atoms with E-state index in [4.69, 9.17) is 5.73 Å². The van der Waals surface area contributed by atoms with E-state index in [0.29, 0.717) is 25.2 Å². The van der Waals surface area contributed by atoms with Crippen molar-refractivity contribution in [3.63, 3.8) is 0 Å². The minimum Gasteiger partial charge on any atom is -0.343 e. The van der Waals surface area contributed by atoms with Crippen LogP contribution in [0.25, 0.3) is 10.9 Å². The van der Waals surface area contributed by atoms with Gasteiger partial charge in [-0.25, -0.2) is 4.39 Å². The standard InChI is InChI=1S/C24H26FN5O2/c25-18-7-5-15(6-8-18)9-22(30-23(31)21-10-16(12-26)13-27-21)24(32)29-19-11-17-3-1-2-4-20(17)28-14-19/h1-8,11,14,16,21-22,27H,9-10,12-13,26H2,(H,29,32)(H,30,31)/t16-,21-,22-/m1/s1. The number of pyridine rings is 1. The Morgan fingerprint density at radius 2 is 1.97 bits per heavy atom. The van der Waals surface area contributed by atoms with Crippen LogP contribution >= 0.6 is 0 Å². The van der Waals surface area contributed by atoms with Crippen LogP contribution in [0.4, 0.5) is 10.1 Å². The largest absolute Gasteiger partial charge is 0.343 e. The molecule has 7 nitrogen and oxygen atoms in total. The molecule has 32 heavy (non-hydrogen) atoms. The number of carbonyl (C=O) groups is 2. The first-order valence-electron chi connectivity index (χ1n) is 10.7. The van der Waals surface area contributed by atoms with Crippen molar-refractivity contribution in [3.8, 4) is 0 Å². The number of nitrogens with one attached hydrogen (secondary N) is 3. The minimum absolute atomic E-state index is 0.228. The Hall–Kier alpha value is -3.36. The third-order valence-electron chi connectivity index (χ3n) is 5.72. The van der Waals surface area contributed by atoms with Crippen LogP contribution in [0.1, 0.15) is 12.0 Å². The second kappa shape index (κ2) is 9.84. The molecule has 2 aromatic carbocycles. The number of rotatable bonds is 7. The lowest BCUT2D eigenvalue weighted by Crippen LogP contribution is -2.50. The molecule has 0 radical (unpaired) electrons. The van der Waals surface area contributed by atoms with Crippen LogP contribution < -0.4 is 21.7 Å². The Morgan fingerprint density at radius 1 is 1.19 bits per heavy atom. The fourth-order valence-electron chi connectivity index (χ4n) is 3.89. The normalized spacial score (nSPS) is 18.9. The Bertz CT molecular complexity index is 1100. The van der Waals surface area contributed by atoms with E-state index in [1.807, 2.05) is 30.3 Å². The summed E-state index contributed by atoms with van der Waals surface area (Å²) < 4.78 is 13.3. The molecule has 2 amide bonds. The summed E-state index contributed by atoms with van der Waals surface area (Å²) in [6, 6.07) is 14.1. The van der Waals surface area contributed by atoms with Crippen molar-refractivity contribution in [1.82, 2.24) is 15.6 Å². The van der Waals surface area contributed by atoms with Gasteiger partial charge in [0, 0.05) is 11.8 Å². The molecule has 1 aliphatic rings. The highest BCUT2D eigenvalue weighted by Gasteiger charge is 2.31. The number of hydrogen-bond acceptors (Lipinski definition) is 5. The number of carbonyl (C=O) groups excluding carboxylic acids is 2. The molecule has 1 aliphatic heterocycles. The number of nitrogens with zero attached hydrogens (tertiary/aromatic N) is 1. The topological polar surface area (TPSA) is 109 Å². The molecular weight excluding hydrogens is 409 g/mol. The molecular formula is C24H26FN5O2. The van der Waals surface area contributed by atoms with Gasteiger partial charge in [-0.3, -0.25) is 14.6 Å². The Labute approximate surface area is 185 Å². The zero-order valence-corrected chi connectivity index (χ0v) is 17.6. The van der Waals surface area contributed by atoms with Crippen LogP contribution in [0.3, 0.4) is 0 Å². The first-order valence-corrected chi connectivity index (χ1v) is 10.7. The first kappa shape index (κ1) is 21.9. The smallest absolute Gasteiger partial charge is 0.247 e. The first-order chi connectivity index (χ1) is 15.5. The van der Waals surface area contributed by atoms with Gasteiger partial charge in [0.25, 0.3) is 0 Å². The van der Waals surface area contributed by atoms with Crippen LogP contribution in [0, 0.1) is 11.7 Å². The molecule has 0 aliphatic carbocycles. The number of benzene rings is 2. The van der Waals surface area contributed by atoms with Gasteiger partial charge < -0.3 is 21.7 Å². The number of aromatic nitrogens is 1. The van der Waals surface area contributed by atoms with Gasteiger partial charge in [0.15, 0.2) is 0 Å². The summed E-state index contributed by atoms with van der Waals surface area (Å²) in [5.41, 5.74) is 7.81. The van der Waals surface area contributed by atoms with Gasteiger partial charge in [-0.05, 0) is 55.3 Å². The van der Waals surface area contributed by atoms with Crippen LogP contribution in [0.5, 0.6) is 0 Å². The summed E-state index contributed by atoms with van der Waals surface area (Å²) in [6.07, 6.45) is 2.44. The van der Waals surface area contributed by atoms with Gasteiger partial charge >= 0.3 is 0 Å². The Kier molecular flexibility index (Phi) is 6.72. The highest BCUT2D eigenvalue weighted by molar-refractivity contribution is 5.99. The highest BCUT2D eigenvalue weighted by atomic mass is 19.1. The second-order valence-corrected chi connectivity index (χ2v) is 8.10. The maximum atomic E-state index is 13.3. The van der Waals surface area contributed by atoms with Gasteiger partial charge in [0.05, 0.1) is 23.4 Å². The van der Waals surface area contributed by atoms with Gasteiger partial charge in [-0.15, -0.1) is 0 Å². The van der Waals surface area contributed by atoms with Crippen molar-refractivity contribution in [2.75, 3.05) is 18.4 Å². The maximum absolute atomic E-state index is 13.3. The Morgan fingerprint density at radius 3 is 2.72 bits per heavy atom. The van der Waals surface area contributed by atoms with E-state index in [1.165, 1.54) is 12.1 Å². The number of para-hydroxylation sites is 1. The van der Waals surface area contributed by atoms with E-state index in [2.05, 4.69) is 20.9 Å². The third kappa shape index (κ3) is 5.27. The molecule has 3 atom stereocenters. The van der Waals surface area contributed by atoms with Gasteiger partial charge in [0.1, 0.15) is 11.9 Å². The number of nitrogens with two attached hydrogens (primary N) is 1. The second-order valence-electron chi connectivity index (χ2n) is 8.10. The summed E-state index contributed by atoms with van der Waals surface area (Å²) >= 11 is 0. The van der Waals surface area contributed by atoms with E-state index in [1.54, 1.807) is 18.3 Å². The van der Waals surface area contributed by atoms with E-state index in [9.17, 15) is 14.0 Å². The lowest BCUT2D eigenvalue weighted by Gasteiger charge is -2.21. The molecule has 0 unspecified atom stereocenters. The molecule has 0 saturated carbocycles. The monoisotopic (exact) mass is 435 g/mol. The fourth-order valence-corrected chi connectivity index (χ4v) is 3.89. The van der Waals surface area contributed by atoms with Crippen molar-refractivity contribution in [1.29, 1.82) is 0 Å². The number of hydrogen-bond donors (Lipinski definition) is 4. The van der Waals surface area contributed by atoms with Gasteiger partial charge in [0.2, 0.25) is 11.8 Å². The molecule has 4 rings (SSSR count). The number of anilines is 1. The van der Waals surface area contributed by atoms with Gasteiger partial charge in [-0.2, -0.15) is 0 Å². The van der Waals surface area contributed by atoms with Crippen LogP contribution in [0.15, 0.2) is 60.8 Å². The summed E-state index contributed by atoms with van der Waals surface area (Å²) in [6.45, 7) is 1.18. The van der Waals surface area contributed by atoms with Crippen LogP contribution in [-0.4, -0.2) is 42.0 Å². The van der Waals surface area contributed by atoms with E-state index in [0.717, 1.165) is 16.5 Å². The molecule has 5 N–H and O–H groups in total. The highest BCUT2D eigenvalue weighted by Crippen LogP contribution is 2.17. The van der Waals surface area contributed by atoms with Gasteiger partial charge in [-0.1, -0.05) is 30.3 Å². The summed E-state index contributed by atoms with van der Waals surface area (Å²) in [7, 11) is 0. The van der Waals surface area contributed by atoms with Crippen molar-refractivity contribution in [2.24, 2.45) is 11.7 Å². The summed E-state index contributed by atoms with van der Waals surface area (Å²) in [5, 5.41) is 9.76. The number of halogens is 1. The number of fused-ring (bicyclic) bond motifs is 1. The molecule has 3 aromatic rings. The molecule has 0 spiro atoms. The van der Waals surface area contributed by atoms with E-state index >= 15 is 0 Å². The van der Waals surface area contributed by atoms with Crippen molar-refractivity contribution < 1.29 is 14.0 Å².